The second kappa shape index (κ2) is 7.80. The summed E-state index contributed by atoms with van der Waals surface area (Å²) in [6.07, 6.45) is -0.584. The van der Waals surface area contributed by atoms with Gasteiger partial charge in [-0.25, -0.2) is 4.79 Å². The highest BCUT2D eigenvalue weighted by Crippen LogP contribution is 2.29. The van der Waals surface area contributed by atoms with Crippen molar-refractivity contribution in [3.05, 3.63) is 93.3 Å². The van der Waals surface area contributed by atoms with Crippen LogP contribution in [0.5, 0.6) is 0 Å². The average molecular weight is 382 g/mol. The standard InChI is InChI=1S/C22H20ClNO3/c1-13-19(15(3)25)14(2)24-20(13)22(26)27-21(16-7-5-4-6-8-16)17-9-11-18(23)12-10-17/h4-12,21,24H,1-3H3/t21-/m0/s1. The molecule has 2 aromatic carbocycles. The predicted molar refractivity (Wildman–Crippen MR) is 105 cm³/mol. The number of carbonyl (C=O) groups is 2. The number of aromatic nitrogens is 1. The van der Waals surface area contributed by atoms with Gasteiger partial charge in [0.15, 0.2) is 11.9 Å². The molecule has 0 fully saturated rings. The fourth-order valence-electron chi connectivity index (χ4n) is 3.24. The number of hydrogen-bond donors (Lipinski definition) is 1. The van der Waals surface area contributed by atoms with Gasteiger partial charge in [0.1, 0.15) is 5.69 Å². The maximum atomic E-state index is 12.9. The van der Waals surface area contributed by atoms with E-state index < -0.39 is 12.1 Å². The maximum absolute atomic E-state index is 12.9. The van der Waals surface area contributed by atoms with Gasteiger partial charge in [0, 0.05) is 16.3 Å². The van der Waals surface area contributed by atoms with Crippen molar-refractivity contribution in [3.8, 4) is 0 Å². The molecular weight excluding hydrogens is 362 g/mol. The first kappa shape index (κ1) is 18.9. The van der Waals surface area contributed by atoms with Gasteiger partial charge >= 0.3 is 5.97 Å². The number of aryl methyl sites for hydroxylation is 1. The van der Waals surface area contributed by atoms with Gasteiger partial charge in [-0.15, -0.1) is 0 Å². The van der Waals surface area contributed by atoms with Gasteiger partial charge in [0.25, 0.3) is 0 Å². The number of ketones is 1. The van der Waals surface area contributed by atoms with Crippen molar-refractivity contribution in [1.29, 1.82) is 0 Å². The molecule has 0 radical (unpaired) electrons. The van der Waals surface area contributed by atoms with Crippen molar-refractivity contribution in [2.75, 3.05) is 0 Å². The molecule has 138 valence electrons. The number of benzene rings is 2. The summed E-state index contributed by atoms with van der Waals surface area (Å²) >= 11 is 5.99. The lowest BCUT2D eigenvalue weighted by Gasteiger charge is -2.19. The molecule has 0 bridgehead atoms. The first-order valence-electron chi connectivity index (χ1n) is 8.60. The molecule has 0 spiro atoms. The molecule has 3 rings (SSSR count). The molecule has 5 heteroatoms. The lowest BCUT2D eigenvalue weighted by Crippen LogP contribution is -2.14. The van der Waals surface area contributed by atoms with Crippen molar-refractivity contribution in [2.24, 2.45) is 0 Å². The van der Waals surface area contributed by atoms with E-state index in [0.717, 1.165) is 11.1 Å². The Hall–Kier alpha value is -2.85. The Morgan fingerprint density at radius 2 is 1.56 bits per heavy atom. The normalized spacial score (nSPS) is 11.9. The van der Waals surface area contributed by atoms with Crippen LogP contribution < -0.4 is 0 Å². The molecule has 27 heavy (non-hydrogen) atoms. The number of Topliss-reactive ketones (excluding diaryl/α,β-unsaturated/α-hetero) is 1. The van der Waals surface area contributed by atoms with Gasteiger partial charge in [-0.05, 0) is 49.6 Å². The van der Waals surface area contributed by atoms with E-state index in [4.69, 9.17) is 16.3 Å². The van der Waals surface area contributed by atoms with Crippen LogP contribution in [0.25, 0.3) is 0 Å². The summed E-state index contributed by atoms with van der Waals surface area (Å²) in [4.78, 5) is 27.7. The number of H-pyrrole nitrogens is 1. The number of hydrogen-bond acceptors (Lipinski definition) is 3. The zero-order valence-electron chi connectivity index (χ0n) is 15.4. The SMILES string of the molecule is CC(=O)c1c(C)[nH]c(C(=O)O[C@@H](c2ccccc2)c2ccc(Cl)cc2)c1C. The van der Waals surface area contributed by atoms with E-state index in [9.17, 15) is 9.59 Å². The largest absolute Gasteiger partial charge is 0.448 e. The summed E-state index contributed by atoms with van der Waals surface area (Å²) in [5, 5.41) is 0.610. The number of nitrogens with one attached hydrogen (secondary N) is 1. The Morgan fingerprint density at radius 3 is 2.11 bits per heavy atom. The first-order chi connectivity index (χ1) is 12.9. The van der Waals surface area contributed by atoms with Crippen LogP contribution in [0.3, 0.4) is 0 Å². The molecule has 1 heterocycles. The molecule has 1 atom stereocenters. The third kappa shape index (κ3) is 3.96. The summed E-state index contributed by atoms with van der Waals surface area (Å²) in [6.45, 7) is 5.00. The van der Waals surface area contributed by atoms with E-state index in [-0.39, 0.29) is 5.78 Å². The van der Waals surface area contributed by atoms with Crippen LogP contribution in [-0.4, -0.2) is 16.7 Å². The summed E-state index contributed by atoms with van der Waals surface area (Å²) in [7, 11) is 0. The van der Waals surface area contributed by atoms with Crippen LogP contribution in [0.2, 0.25) is 5.02 Å². The molecule has 1 aromatic heterocycles. The lowest BCUT2D eigenvalue weighted by atomic mass is 10.0. The molecule has 0 amide bonds. The van der Waals surface area contributed by atoms with Gasteiger partial charge < -0.3 is 9.72 Å². The van der Waals surface area contributed by atoms with Crippen molar-refractivity contribution in [2.45, 2.75) is 26.9 Å². The molecule has 1 N–H and O–H groups in total. The molecule has 3 aromatic rings. The monoisotopic (exact) mass is 381 g/mol. The maximum Gasteiger partial charge on any atom is 0.355 e. The van der Waals surface area contributed by atoms with E-state index in [1.54, 1.807) is 26.0 Å². The quantitative estimate of drug-likeness (QED) is 0.473. The van der Waals surface area contributed by atoms with Crippen molar-refractivity contribution < 1.29 is 14.3 Å². The van der Waals surface area contributed by atoms with Gasteiger partial charge in [0.05, 0.1) is 0 Å². The minimum atomic E-state index is -0.584. The van der Waals surface area contributed by atoms with E-state index in [1.807, 2.05) is 42.5 Å². The summed E-state index contributed by atoms with van der Waals surface area (Å²) in [5.41, 5.74) is 3.76. The number of ether oxygens (including phenoxy) is 1. The third-order valence-electron chi connectivity index (χ3n) is 4.49. The summed E-state index contributed by atoms with van der Waals surface area (Å²) in [6, 6.07) is 16.7. The Morgan fingerprint density at radius 1 is 0.963 bits per heavy atom. The summed E-state index contributed by atoms with van der Waals surface area (Å²) < 4.78 is 5.85. The Balaban J connectivity index is 1.98. The highest BCUT2D eigenvalue weighted by molar-refractivity contribution is 6.30. The van der Waals surface area contributed by atoms with Gasteiger partial charge in [-0.3, -0.25) is 4.79 Å². The minimum Gasteiger partial charge on any atom is -0.448 e. The Bertz CT molecular complexity index is 975. The topological polar surface area (TPSA) is 59.2 Å². The van der Waals surface area contributed by atoms with E-state index in [2.05, 4.69) is 4.98 Å². The van der Waals surface area contributed by atoms with Gasteiger partial charge in [0.2, 0.25) is 0 Å². The van der Waals surface area contributed by atoms with Crippen LogP contribution in [0.1, 0.15) is 56.3 Å². The smallest absolute Gasteiger partial charge is 0.355 e. The van der Waals surface area contributed by atoms with Gasteiger partial charge in [-0.2, -0.15) is 0 Å². The molecule has 0 saturated heterocycles. The van der Waals surface area contributed by atoms with Crippen molar-refractivity contribution >= 4 is 23.4 Å². The van der Waals surface area contributed by atoms with E-state index in [1.165, 1.54) is 6.92 Å². The fraction of sp³-hybridized carbons (Fsp3) is 0.182. The molecule has 0 saturated carbocycles. The molecule has 0 aliphatic carbocycles. The highest BCUT2D eigenvalue weighted by Gasteiger charge is 2.25. The van der Waals surface area contributed by atoms with Crippen LogP contribution in [0.4, 0.5) is 0 Å². The van der Waals surface area contributed by atoms with E-state index >= 15 is 0 Å². The minimum absolute atomic E-state index is 0.0855. The zero-order valence-corrected chi connectivity index (χ0v) is 16.1. The number of halogens is 1. The molecule has 0 aliphatic rings. The number of esters is 1. The van der Waals surface area contributed by atoms with Gasteiger partial charge in [-0.1, -0.05) is 54.1 Å². The second-order valence-electron chi connectivity index (χ2n) is 6.43. The predicted octanol–water partition coefficient (Wildman–Crippen LogP) is 5.43. The van der Waals surface area contributed by atoms with Crippen molar-refractivity contribution in [3.63, 3.8) is 0 Å². The van der Waals surface area contributed by atoms with E-state index in [0.29, 0.717) is 27.5 Å². The number of carbonyl (C=O) groups excluding carboxylic acids is 2. The second-order valence-corrected chi connectivity index (χ2v) is 6.87. The molecule has 4 nitrogen and oxygen atoms in total. The Labute approximate surface area is 163 Å². The zero-order chi connectivity index (χ0) is 19.6. The Kier molecular flexibility index (Phi) is 5.47. The number of rotatable bonds is 5. The lowest BCUT2D eigenvalue weighted by molar-refractivity contribution is 0.0371. The summed E-state index contributed by atoms with van der Waals surface area (Å²) in [5.74, 6) is -0.593. The molecule has 0 unspecified atom stereocenters. The average Bonchev–Trinajstić information content (AvgIpc) is 2.95. The van der Waals surface area contributed by atoms with Crippen LogP contribution in [0, 0.1) is 13.8 Å². The highest BCUT2D eigenvalue weighted by atomic mass is 35.5. The van der Waals surface area contributed by atoms with Crippen molar-refractivity contribution in [1.82, 2.24) is 4.98 Å². The van der Waals surface area contributed by atoms with Crippen LogP contribution >= 0.6 is 11.6 Å². The first-order valence-corrected chi connectivity index (χ1v) is 8.97. The van der Waals surface area contributed by atoms with Crippen LogP contribution in [-0.2, 0) is 4.74 Å². The third-order valence-corrected chi connectivity index (χ3v) is 4.75. The number of aromatic amines is 1. The molecular formula is C22H20ClNO3. The van der Waals surface area contributed by atoms with Crippen LogP contribution in [0.15, 0.2) is 54.6 Å². The fourth-order valence-corrected chi connectivity index (χ4v) is 3.37. The molecule has 0 aliphatic heterocycles.